The van der Waals surface area contributed by atoms with Crippen LogP contribution in [0.2, 0.25) is 0 Å². The maximum absolute atomic E-state index is 10.8. The average Bonchev–Trinajstić information content (AvgIpc) is 2.64. The van der Waals surface area contributed by atoms with Gasteiger partial charge in [-0.05, 0) is 26.0 Å². The van der Waals surface area contributed by atoms with Crippen LogP contribution in [0.15, 0.2) is 18.3 Å². The lowest BCUT2D eigenvalue weighted by Crippen LogP contribution is -2.03. The molecule has 0 radical (unpaired) electrons. The van der Waals surface area contributed by atoms with Gasteiger partial charge < -0.3 is 5.11 Å². The summed E-state index contributed by atoms with van der Waals surface area (Å²) in [6, 6.07) is 3.93. The SMILES string of the molecule is Cc1ccc(-c2ncc(C(=O)O)c(C)n2)s1. The Balaban J connectivity index is 2.45. The molecule has 0 aliphatic carbocycles. The summed E-state index contributed by atoms with van der Waals surface area (Å²) in [5.74, 6) is -0.410. The highest BCUT2D eigenvalue weighted by Gasteiger charge is 2.11. The molecule has 16 heavy (non-hydrogen) atoms. The minimum atomic E-state index is -0.994. The van der Waals surface area contributed by atoms with Crippen LogP contribution < -0.4 is 0 Å². The number of hydrogen-bond donors (Lipinski definition) is 1. The lowest BCUT2D eigenvalue weighted by molar-refractivity contribution is 0.0695. The van der Waals surface area contributed by atoms with Gasteiger partial charge in [-0.2, -0.15) is 0 Å². The Bertz CT molecular complexity index is 549. The first kappa shape index (κ1) is 10.8. The van der Waals surface area contributed by atoms with Gasteiger partial charge in [-0.3, -0.25) is 0 Å². The Morgan fingerprint density at radius 2 is 2.12 bits per heavy atom. The summed E-state index contributed by atoms with van der Waals surface area (Å²) in [5.41, 5.74) is 0.639. The highest BCUT2D eigenvalue weighted by atomic mass is 32.1. The van der Waals surface area contributed by atoms with Crippen molar-refractivity contribution in [2.24, 2.45) is 0 Å². The lowest BCUT2D eigenvalue weighted by Gasteiger charge is -2.01. The van der Waals surface area contributed by atoms with Gasteiger partial charge in [0, 0.05) is 11.1 Å². The van der Waals surface area contributed by atoms with Crippen LogP contribution in [0.5, 0.6) is 0 Å². The first-order valence-electron chi connectivity index (χ1n) is 4.71. The quantitative estimate of drug-likeness (QED) is 0.867. The van der Waals surface area contributed by atoms with Crippen molar-refractivity contribution in [2.45, 2.75) is 13.8 Å². The molecule has 0 amide bonds. The van der Waals surface area contributed by atoms with Crippen molar-refractivity contribution in [3.05, 3.63) is 34.5 Å². The topological polar surface area (TPSA) is 63.1 Å². The zero-order valence-corrected chi connectivity index (χ0v) is 9.71. The van der Waals surface area contributed by atoms with Crippen LogP contribution in [0.25, 0.3) is 10.7 Å². The standard InChI is InChI=1S/C11H10N2O2S/c1-6-3-4-9(16-6)10-12-5-8(11(14)15)7(2)13-10/h3-5H,1-2H3,(H,14,15). The molecule has 0 atom stereocenters. The van der Waals surface area contributed by atoms with Crippen molar-refractivity contribution in [1.29, 1.82) is 0 Å². The van der Waals surface area contributed by atoms with E-state index in [-0.39, 0.29) is 5.56 Å². The van der Waals surface area contributed by atoms with Gasteiger partial charge in [-0.1, -0.05) is 0 Å². The molecule has 0 aliphatic rings. The van der Waals surface area contributed by atoms with Crippen molar-refractivity contribution in [1.82, 2.24) is 9.97 Å². The first-order chi connectivity index (χ1) is 7.58. The van der Waals surface area contributed by atoms with Gasteiger partial charge in [0.2, 0.25) is 0 Å². The van der Waals surface area contributed by atoms with Crippen molar-refractivity contribution >= 4 is 17.3 Å². The van der Waals surface area contributed by atoms with E-state index in [2.05, 4.69) is 9.97 Å². The molecule has 2 rings (SSSR count). The molecule has 0 saturated heterocycles. The molecular weight excluding hydrogens is 224 g/mol. The molecule has 0 saturated carbocycles. The summed E-state index contributed by atoms with van der Waals surface area (Å²) in [4.78, 5) is 21.2. The molecule has 2 aromatic heterocycles. The van der Waals surface area contributed by atoms with Gasteiger partial charge in [0.1, 0.15) is 0 Å². The molecule has 0 spiro atoms. The van der Waals surface area contributed by atoms with E-state index in [9.17, 15) is 4.79 Å². The minimum absolute atomic E-state index is 0.150. The molecule has 2 heterocycles. The van der Waals surface area contributed by atoms with Crippen LogP contribution in [-0.4, -0.2) is 21.0 Å². The molecule has 0 bridgehead atoms. The van der Waals surface area contributed by atoms with Crippen molar-refractivity contribution in [2.75, 3.05) is 0 Å². The van der Waals surface area contributed by atoms with E-state index in [1.165, 1.54) is 11.1 Å². The monoisotopic (exact) mass is 234 g/mol. The Morgan fingerprint density at radius 1 is 1.38 bits per heavy atom. The van der Waals surface area contributed by atoms with Crippen molar-refractivity contribution in [3.63, 3.8) is 0 Å². The Hall–Kier alpha value is -1.75. The molecule has 0 unspecified atom stereocenters. The second-order valence-electron chi connectivity index (χ2n) is 3.41. The second-order valence-corrected chi connectivity index (χ2v) is 4.70. The van der Waals surface area contributed by atoms with Gasteiger partial charge in [-0.15, -0.1) is 11.3 Å². The van der Waals surface area contributed by atoms with Gasteiger partial charge in [0.15, 0.2) is 5.82 Å². The predicted molar refractivity (Wildman–Crippen MR) is 61.8 cm³/mol. The molecule has 82 valence electrons. The van der Waals surface area contributed by atoms with E-state index < -0.39 is 5.97 Å². The number of aromatic carboxylic acids is 1. The van der Waals surface area contributed by atoms with Crippen molar-refractivity contribution in [3.8, 4) is 10.7 Å². The Kier molecular flexibility index (Phi) is 2.70. The number of carboxylic acids is 1. The number of carbonyl (C=O) groups is 1. The zero-order valence-electron chi connectivity index (χ0n) is 8.89. The van der Waals surface area contributed by atoms with Crippen LogP contribution in [-0.2, 0) is 0 Å². The van der Waals surface area contributed by atoms with E-state index in [1.807, 2.05) is 19.1 Å². The summed E-state index contributed by atoms with van der Waals surface area (Å²) in [7, 11) is 0. The number of nitrogens with zero attached hydrogens (tertiary/aromatic N) is 2. The first-order valence-corrected chi connectivity index (χ1v) is 5.53. The van der Waals surface area contributed by atoms with Gasteiger partial charge >= 0.3 is 5.97 Å². The number of rotatable bonds is 2. The largest absolute Gasteiger partial charge is 0.478 e. The highest BCUT2D eigenvalue weighted by Crippen LogP contribution is 2.24. The maximum Gasteiger partial charge on any atom is 0.339 e. The van der Waals surface area contributed by atoms with Gasteiger partial charge in [-0.25, -0.2) is 14.8 Å². The third-order valence-electron chi connectivity index (χ3n) is 2.17. The van der Waals surface area contributed by atoms with Crippen molar-refractivity contribution < 1.29 is 9.90 Å². The number of thiophene rings is 1. The summed E-state index contributed by atoms with van der Waals surface area (Å²) < 4.78 is 0. The lowest BCUT2D eigenvalue weighted by atomic mass is 10.2. The predicted octanol–water partition coefficient (Wildman–Crippen LogP) is 2.52. The fraction of sp³-hybridized carbons (Fsp3) is 0.182. The van der Waals surface area contributed by atoms with E-state index in [4.69, 9.17) is 5.11 Å². The number of aromatic nitrogens is 2. The Labute approximate surface area is 96.6 Å². The summed E-state index contributed by atoms with van der Waals surface area (Å²) in [5, 5.41) is 8.85. The van der Waals surface area contributed by atoms with Crippen LogP contribution in [0, 0.1) is 13.8 Å². The molecule has 0 aliphatic heterocycles. The molecule has 5 heteroatoms. The Morgan fingerprint density at radius 3 is 2.62 bits per heavy atom. The minimum Gasteiger partial charge on any atom is -0.478 e. The summed E-state index contributed by atoms with van der Waals surface area (Å²) in [6.45, 7) is 3.68. The fourth-order valence-corrected chi connectivity index (χ4v) is 2.16. The smallest absolute Gasteiger partial charge is 0.339 e. The number of hydrogen-bond acceptors (Lipinski definition) is 4. The molecule has 0 aromatic carbocycles. The normalized spacial score (nSPS) is 10.4. The van der Waals surface area contributed by atoms with Gasteiger partial charge in [0.05, 0.1) is 16.1 Å². The fourth-order valence-electron chi connectivity index (χ4n) is 1.35. The third-order valence-corrected chi connectivity index (χ3v) is 3.17. The third kappa shape index (κ3) is 1.94. The maximum atomic E-state index is 10.8. The second kappa shape index (κ2) is 4.02. The van der Waals surface area contributed by atoms with E-state index in [1.54, 1.807) is 18.3 Å². The van der Waals surface area contributed by atoms with Gasteiger partial charge in [0.25, 0.3) is 0 Å². The molecule has 0 fully saturated rings. The summed E-state index contributed by atoms with van der Waals surface area (Å²) >= 11 is 1.59. The molecule has 2 aromatic rings. The van der Waals surface area contributed by atoms with E-state index in [0.717, 1.165) is 4.88 Å². The average molecular weight is 234 g/mol. The zero-order chi connectivity index (χ0) is 11.7. The number of aryl methyl sites for hydroxylation is 2. The van der Waals surface area contributed by atoms with Crippen LogP contribution in [0.3, 0.4) is 0 Å². The molecule has 4 nitrogen and oxygen atoms in total. The highest BCUT2D eigenvalue weighted by molar-refractivity contribution is 7.15. The molecular formula is C11H10N2O2S. The van der Waals surface area contributed by atoms with Crippen LogP contribution in [0.4, 0.5) is 0 Å². The summed E-state index contributed by atoms with van der Waals surface area (Å²) in [6.07, 6.45) is 1.36. The number of carboxylic acid groups (broad SMARTS) is 1. The van der Waals surface area contributed by atoms with Crippen LogP contribution in [0.1, 0.15) is 20.9 Å². The van der Waals surface area contributed by atoms with E-state index >= 15 is 0 Å². The molecule has 1 N–H and O–H groups in total. The van der Waals surface area contributed by atoms with E-state index in [0.29, 0.717) is 11.5 Å². The van der Waals surface area contributed by atoms with Crippen LogP contribution >= 0.6 is 11.3 Å².